The Morgan fingerprint density at radius 1 is 0.255 bits per heavy atom. The summed E-state index contributed by atoms with van der Waals surface area (Å²) in [4.78, 5) is 0. The molecule has 2 aliphatic carbocycles. The number of rotatable bonds is 2. The fraction of sp³-hybridized carbons (Fsp3) is 0.0182. The van der Waals surface area contributed by atoms with E-state index in [1.54, 1.807) is 0 Å². The summed E-state index contributed by atoms with van der Waals surface area (Å²) in [6.07, 6.45) is 0. The van der Waals surface area contributed by atoms with E-state index in [1.165, 1.54) is 121 Å². The van der Waals surface area contributed by atoms with Gasteiger partial charge >= 0.3 is 0 Å². The van der Waals surface area contributed by atoms with Crippen molar-refractivity contribution in [2.75, 3.05) is 0 Å². The highest BCUT2D eigenvalue weighted by Crippen LogP contribution is 2.64. The smallest absolute Gasteiger partial charge is 0.0619 e. The lowest BCUT2D eigenvalue weighted by atomic mass is 9.69. The molecule has 0 aromatic heterocycles. The van der Waals surface area contributed by atoms with Crippen LogP contribution in [0.2, 0.25) is 0 Å². The van der Waals surface area contributed by atoms with Crippen LogP contribution in [0.25, 0.3) is 98.4 Å². The Balaban J connectivity index is 1.07. The maximum absolute atomic E-state index is 2.48. The third-order valence-electron chi connectivity index (χ3n) is 13.0. The second-order valence-corrected chi connectivity index (χ2v) is 15.5. The Labute approximate surface area is 318 Å². The molecule has 252 valence electrons. The number of hydrogen-bond acceptors (Lipinski definition) is 0. The predicted molar refractivity (Wildman–Crippen MR) is 232 cm³/mol. The fourth-order valence-electron chi connectivity index (χ4n) is 10.8. The third-order valence-corrected chi connectivity index (χ3v) is 13.0. The second-order valence-electron chi connectivity index (χ2n) is 15.5. The molecule has 0 saturated heterocycles. The molecule has 55 heavy (non-hydrogen) atoms. The van der Waals surface area contributed by atoms with Crippen LogP contribution in [-0.4, -0.2) is 0 Å². The minimum absolute atomic E-state index is 0.414. The minimum Gasteiger partial charge on any atom is -0.0619 e. The summed E-state index contributed by atoms with van der Waals surface area (Å²) in [6, 6.07) is 73.4. The van der Waals surface area contributed by atoms with Crippen molar-refractivity contribution in [1.82, 2.24) is 0 Å². The van der Waals surface area contributed by atoms with Crippen LogP contribution in [0.3, 0.4) is 0 Å². The maximum Gasteiger partial charge on any atom is 0.0731 e. The van der Waals surface area contributed by atoms with E-state index in [0.29, 0.717) is 0 Å². The standard InChI is InChI=1S/C55H32/c1-2-11-37-32-51-48(31-36(37)10-1)47-29-25-39-30-38(24-26-41(39)54(47)55(51)49-18-7-5-16-44(49)45-17-6-8-19-50(45)55)40-14-3-4-15-42(40)43-27-22-35-21-20-33-12-9-13-34-23-28-46(43)53(35)52(33)34/h1-32H. The molecule has 0 bridgehead atoms. The summed E-state index contributed by atoms with van der Waals surface area (Å²) in [5, 5.41) is 13.0. The van der Waals surface area contributed by atoms with Gasteiger partial charge in [-0.2, -0.15) is 0 Å². The van der Waals surface area contributed by atoms with Crippen molar-refractivity contribution >= 4 is 53.9 Å². The molecule has 11 aromatic carbocycles. The van der Waals surface area contributed by atoms with Crippen LogP contribution >= 0.6 is 0 Å². The molecule has 0 unspecified atom stereocenters. The Hall–Kier alpha value is -7.02. The molecule has 0 radical (unpaired) electrons. The number of benzene rings is 11. The van der Waals surface area contributed by atoms with E-state index in [2.05, 4.69) is 194 Å². The van der Waals surface area contributed by atoms with E-state index in [4.69, 9.17) is 0 Å². The minimum atomic E-state index is -0.414. The Morgan fingerprint density at radius 2 is 0.800 bits per heavy atom. The lowest BCUT2D eigenvalue weighted by Crippen LogP contribution is -2.26. The van der Waals surface area contributed by atoms with Gasteiger partial charge in [-0.1, -0.05) is 176 Å². The first-order valence-corrected chi connectivity index (χ1v) is 19.3. The van der Waals surface area contributed by atoms with Gasteiger partial charge in [-0.15, -0.1) is 0 Å². The zero-order chi connectivity index (χ0) is 35.8. The molecule has 0 heterocycles. The molecule has 0 aliphatic heterocycles. The summed E-state index contributed by atoms with van der Waals surface area (Å²) in [5.74, 6) is 0. The molecule has 0 N–H and O–H groups in total. The van der Waals surface area contributed by atoms with Gasteiger partial charge in [-0.25, -0.2) is 0 Å². The maximum atomic E-state index is 2.48. The van der Waals surface area contributed by atoms with E-state index < -0.39 is 5.41 Å². The van der Waals surface area contributed by atoms with Crippen molar-refractivity contribution in [3.63, 3.8) is 0 Å². The summed E-state index contributed by atoms with van der Waals surface area (Å²) >= 11 is 0. The first kappa shape index (κ1) is 29.4. The van der Waals surface area contributed by atoms with Gasteiger partial charge in [0.1, 0.15) is 0 Å². The second kappa shape index (κ2) is 10.6. The molecule has 0 nitrogen and oxygen atoms in total. The topological polar surface area (TPSA) is 0 Å². The van der Waals surface area contributed by atoms with Gasteiger partial charge in [0.15, 0.2) is 0 Å². The third kappa shape index (κ3) is 3.71. The van der Waals surface area contributed by atoms with Gasteiger partial charge in [0, 0.05) is 0 Å². The highest BCUT2D eigenvalue weighted by molar-refractivity contribution is 6.26. The van der Waals surface area contributed by atoms with Crippen LogP contribution in [0, 0.1) is 0 Å². The Kier molecular flexibility index (Phi) is 5.65. The van der Waals surface area contributed by atoms with Gasteiger partial charge < -0.3 is 0 Å². The van der Waals surface area contributed by atoms with E-state index in [9.17, 15) is 0 Å². The van der Waals surface area contributed by atoms with E-state index in [0.717, 1.165) is 0 Å². The van der Waals surface area contributed by atoms with Gasteiger partial charge in [0.2, 0.25) is 0 Å². The number of hydrogen-bond donors (Lipinski definition) is 0. The van der Waals surface area contributed by atoms with Crippen molar-refractivity contribution in [3.05, 3.63) is 216 Å². The lowest BCUT2D eigenvalue weighted by molar-refractivity contribution is 0.802. The molecule has 0 saturated carbocycles. The molecule has 0 fully saturated rings. The van der Waals surface area contributed by atoms with Crippen LogP contribution < -0.4 is 0 Å². The van der Waals surface area contributed by atoms with Crippen molar-refractivity contribution in [1.29, 1.82) is 0 Å². The van der Waals surface area contributed by atoms with Gasteiger partial charge in [0.25, 0.3) is 0 Å². The van der Waals surface area contributed by atoms with Crippen LogP contribution in [0.4, 0.5) is 0 Å². The zero-order valence-electron chi connectivity index (χ0n) is 30.0. The molecule has 13 rings (SSSR count). The van der Waals surface area contributed by atoms with Crippen LogP contribution in [0.15, 0.2) is 194 Å². The van der Waals surface area contributed by atoms with Crippen molar-refractivity contribution in [2.45, 2.75) is 5.41 Å². The summed E-state index contributed by atoms with van der Waals surface area (Å²) < 4.78 is 0. The number of fused-ring (bicyclic) bond motifs is 13. The average Bonchev–Trinajstić information content (AvgIpc) is 3.71. The van der Waals surface area contributed by atoms with Crippen LogP contribution in [-0.2, 0) is 5.41 Å². The van der Waals surface area contributed by atoms with Gasteiger partial charge in [-0.3, -0.25) is 0 Å². The molecular formula is C55H32. The summed E-state index contributed by atoms with van der Waals surface area (Å²) in [5.41, 5.74) is 15.5. The highest BCUT2D eigenvalue weighted by atomic mass is 14.5. The highest BCUT2D eigenvalue weighted by Gasteiger charge is 2.52. The molecule has 0 atom stereocenters. The van der Waals surface area contributed by atoms with Gasteiger partial charge in [0.05, 0.1) is 5.41 Å². The van der Waals surface area contributed by atoms with Crippen molar-refractivity contribution in [2.24, 2.45) is 0 Å². The largest absolute Gasteiger partial charge is 0.0731 e. The van der Waals surface area contributed by atoms with E-state index in [-0.39, 0.29) is 0 Å². The van der Waals surface area contributed by atoms with Crippen molar-refractivity contribution < 1.29 is 0 Å². The normalized spacial score (nSPS) is 13.6. The molecule has 1 spiro atoms. The van der Waals surface area contributed by atoms with E-state index >= 15 is 0 Å². The molecule has 0 heteroatoms. The molecular weight excluding hydrogens is 661 g/mol. The lowest BCUT2D eigenvalue weighted by Gasteiger charge is -2.31. The molecule has 2 aliphatic rings. The SMILES string of the molecule is c1ccc(-c2ccc3ccc4cccc5ccc2c3c45)c(-c2ccc3c4c(ccc3c2)-c2cc3ccccc3cc2C42c3ccccc3-c3ccccc32)c1. The van der Waals surface area contributed by atoms with Gasteiger partial charge in [-0.05, 0) is 139 Å². The van der Waals surface area contributed by atoms with Crippen molar-refractivity contribution in [3.8, 4) is 44.5 Å². The van der Waals surface area contributed by atoms with Crippen LogP contribution in [0.1, 0.15) is 22.3 Å². The quantitative estimate of drug-likeness (QED) is 0.158. The monoisotopic (exact) mass is 692 g/mol. The first-order chi connectivity index (χ1) is 27.3. The molecule has 0 amide bonds. The predicted octanol–water partition coefficient (Wildman–Crippen LogP) is 14.6. The average molecular weight is 693 g/mol. The zero-order valence-corrected chi connectivity index (χ0v) is 30.0. The Morgan fingerprint density at radius 3 is 1.56 bits per heavy atom. The fourth-order valence-corrected chi connectivity index (χ4v) is 10.8. The summed E-state index contributed by atoms with van der Waals surface area (Å²) in [6.45, 7) is 0. The Bertz CT molecular complexity index is 3370. The first-order valence-electron chi connectivity index (χ1n) is 19.3. The molecule has 11 aromatic rings. The van der Waals surface area contributed by atoms with Crippen LogP contribution in [0.5, 0.6) is 0 Å². The van der Waals surface area contributed by atoms with E-state index in [1.807, 2.05) is 0 Å². The summed E-state index contributed by atoms with van der Waals surface area (Å²) in [7, 11) is 0.